The van der Waals surface area contributed by atoms with Gasteiger partial charge in [-0.2, -0.15) is 0 Å². The van der Waals surface area contributed by atoms with Gasteiger partial charge in [0.1, 0.15) is 0 Å². The minimum Gasteiger partial charge on any atom is -0.334 e. The van der Waals surface area contributed by atoms with Crippen LogP contribution in [0, 0.1) is 11.3 Å². The second kappa shape index (κ2) is 5.18. The lowest BCUT2D eigenvalue weighted by molar-refractivity contribution is -0.149. The molecule has 1 aromatic rings. The van der Waals surface area contributed by atoms with Crippen molar-refractivity contribution in [2.24, 2.45) is 11.3 Å². The molecule has 4 rings (SSSR count). The molecule has 3 unspecified atom stereocenters. The van der Waals surface area contributed by atoms with Gasteiger partial charge in [0.15, 0.2) is 0 Å². The van der Waals surface area contributed by atoms with Crippen LogP contribution in [-0.4, -0.2) is 28.7 Å². The van der Waals surface area contributed by atoms with E-state index in [1.807, 2.05) is 35.2 Å². The molecule has 3 amide bonds. The lowest BCUT2D eigenvalue weighted by Gasteiger charge is -2.43. The van der Waals surface area contributed by atoms with Crippen LogP contribution in [-0.2, 0) is 20.9 Å². The van der Waals surface area contributed by atoms with Crippen LogP contribution in [0.15, 0.2) is 30.3 Å². The van der Waals surface area contributed by atoms with Gasteiger partial charge in [-0.05, 0) is 18.4 Å². The van der Waals surface area contributed by atoms with Crippen LogP contribution in [0.5, 0.6) is 0 Å². The third kappa shape index (κ3) is 2.02. The highest BCUT2D eigenvalue weighted by atomic mass is 16.2. The molecular formula is C18H20N2O3. The molecule has 3 atom stereocenters. The fourth-order valence-corrected chi connectivity index (χ4v) is 4.73. The maximum absolute atomic E-state index is 13.0. The van der Waals surface area contributed by atoms with E-state index in [1.165, 1.54) is 0 Å². The highest BCUT2D eigenvalue weighted by Crippen LogP contribution is 2.54. The number of likely N-dealkylation sites (tertiary alicyclic amines) is 1. The number of hydrogen-bond donors (Lipinski definition) is 1. The number of amides is 3. The lowest BCUT2D eigenvalue weighted by atomic mass is 9.62. The summed E-state index contributed by atoms with van der Waals surface area (Å²) in [6.45, 7) is 0.518. The zero-order chi connectivity index (χ0) is 16.0. The Kier molecular flexibility index (Phi) is 3.25. The second-order valence-corrected chi connectivity index (χ2v) is 6.89. The van der Waals surface area contributed by atoms with E-state index in [0.717, 1.165) is 24.8 Å². The van der Waals surface area contributed by atoms with Crippen LogP contribution >= 0.6 is 0 Å². The molecule has 23 heavy (non-hydrogen) atoms. The van der Waals surface area contributed by atoms with Gasteiger partial charge < -0.3 is 4.90 Å². The average Bonchev–Trinajstić information content (AvgIpc) is 2.80. The molecule has 1 N–H and O–H groups in total. The molecule has 1 spiro atoms. The van der Waals surface area contributed by atoms with E-state index in [2.05, 4.69) is 5.32 Å². The number of rotatable bonds is 2. The van der Waals surface area contributed by atoms with Gasteiger partial charge in [-0.15, -0.1) is 0 Å². The summed E-state index contributed by atoms with van der Waals surface area (Å²) >= 11 is 0. The van der Waals surface area contributed by atoms with Crippen LogP contribution in [0.2, 0.25) is 0 Å². The van der Waals surface area contributed by atoms with Crippen molar-refractivity contribution in [3.63, 3.8) is 0 Å². The van der Waals surface area contributed by atoms with Crippen LogP contribution in [0.3, 0.4) is 0 Å². The van der Waals surface area contributed by atoms with Gasteiger partial charge in [0.25, 0.3) is 0 Å². The number of hydrogen-bond acceptors (Lipinski definition) is 3. The molecule has 5 nitrogen and oxygen atoms in total. The summed E-state index contributed by atoms with van der Waals surface area (Å²) in [4.78, 5) is 39.3. The summed E-state index contributed by atoms with van der Waals surface area (Å²) in [5.74, 6) is -1.04. The van der Waals surface area contributed by atoms with Crippen molar-refractivity contribution in [3.8, 4) is 0 Å². The van der Waals surface area contributed by atoms with Crippen molar-refractivity contribution in [2.45, 2.75) is 44.7 Å². The van der Waals surface area contributed by atoms with Gasteiger partial charge in [-0.25, -0.2) is 0 Å². The SMILES string of the molecule is O=C1CC2C(=O)N(Cc3ccccc3)C3CCCCC23C(=O)N1. The molecule has 1 saturated carbocycles. The maximum Gasteiger partial charge on any atom is 0.235 e. The molecule has 1 aromatic carbocycles. The summed E-state index contributed by atoms with van der Waals surface area (Å²) in [7, 11) is 0. The van der Waals surface area contributed by atoms with Gasteiger partial charge >= 0.3 is 0 Å². The van der Waals surface area contributed by atoms with Crippen molar-refractivity contribution >= 4 is 17.7 Å². The van der Waals surface area contributed by atoms with Crippen LogP contribution < -0.4 is 5.32 Å². The van der Waals surface area contributed by atoms with E-state index in [1.54, 1.807) is 0 Å². The quantitative estimate of drug-likeness (QED) is 0.844. The van der Waals surface area contributed by atoms with Crippen LogP contribution in [0.1, 0.15) is 37.7 Å². The molecule has 3 fully saturated rings. The second-order valence-electron chi connectivity index (χ2n) is 6.89. The van der Waals surface area contributed by atoms with Crippen molar-refractivity contribution in [1.82, 2.24) is 10.2 Å². The number of carbonyl (C=O) groups is 3. The average molecular weight is 312 g/mol. The summed E-state index contributed by atoms with van der Waals surface area (Å²) < 4.78 is 0. The number of benzene rings is 1. The smallest absolute Gasteiger partial charge is 0.235 e. The Hall–Kier alpha value is -2.17. The van der Waals surface area contributed by atoms with Gasteiger partial charge in [0.05, 0.1) is 11.3 Å². The molecule has 3 aliphatic rings. The first-order valence-corrected chi connectivity index (χ1v) is 8.31. The van der Waals surface area contributed by atoms with Crippen molar-refractivity contribution in [1.29, 1.82) is 0 Å². The van der Waals surface area contributed by atoms with Crippen molar-refractivity contribution < 1.29 is 14.4 Å². The molecule has 0 aromatic heterocycles. The first-order chi connectivity index (χ1) is 11.1. The van der Waals surface area contributed by atoms with E-state index in [0.29, 0.717) is 13.0 Å². The van der Waals surface area contributed by atoms with E-state index >= 15 is 0 Å². The summed E-state index contributed by atoms with van der Waals surface area (Å²) in [6, 6.07) is 9.77. The zero-order valence-corrected chi connectivity index (χ0v) is 13.0. The summed E-state index contributed by atoms with van der Waals surface area (Å²) in [5, 5.41) is 2.49. The van der Waals surface area contributed by atoms with E-state index in [-0.39, 0.29) is 30.2 Å². The Balaban J connectivity index is 1.73. The Morgan fingerprint density at radius 1 is 1.13 bits per heavy atom. The molecule has 1 aliphatic carbocycles. The third-order valence-electron chi connectivity index (χ3n) is 5.75. The molecule has 0 bridgehead atoms. The summed E-state index contributed by atoms with van der Waals surface area (Å²) in [6.07, 6.45) is 3.67. The highest BCUT2D eigenvalue weighted by molar-refractivity contribution is 6.07. The molecule has 2 aliphatic heterocycles. The fourth-order valence-electron chi connectivity index (χ4n) is 4.73. The first-order valence-electron chi connectivity index (χ1n) is 8.31. The normalized spacial score (nSPS) is 33.2. The molecule has 2 heterocycles. The van der Waals surface area contributed by atoms with Gasteiger partial charge in [0, 0.05) is 19.0 Å². The maximum atomic E-state index is 13.0. The fraction of sp³-hybridized carbons (Fsp3) is 0.500. The number of nitrogens with zero attached hydrogens (tertiary/aromatic N) is 1. The standard InChI is InChI=1S/C18H20N2O3/c21-15-10-13-16(22)20(11-12-6-2-1-3-7-12)14-8-4-5-9-18(13,14)17(23)19-15/h1-3,6-7,13-14H,4-5,8-11H2,(H,19,21,23). The van der Waals surface area contributed by atoms with Gasteiger partial charge in [0.2, 0.25) is 17.7 Å². The Morgan fingerprint density at radius 2 is 1.91 bits per heavy atom. The Morgan fingerprint density at radius 3 is 2.70 bits per heavy atom. The minimum absolute atomic E-state index is 0.0241. The molecule has 2 saturated heterocycles. The topological polar surface area (TPSA) is 66.5 Å². The van der Waals surface area contributed by atoms with Gasteiger partial charge in [-0.3, -0.25) is 19.7 Å². The summed E-state index contributed by atoms with van der Waals surface area (Å²) in [5.41, 5.74) is 0.366. The van der Waals surface area contributed by atoms with E-state index in [9.17, 15) is 14.4 Å². The number of carbonyl (C=O) groups excluding carboxylic acids is 3. The van der Waals surface area contributed by atoms with E-state index < -0.39 is 11.3 Å². The minimum atomic E-state index is -0.696. The van der Waals surface area contributed by atoms with Gasteiger partial charge in [-0.1, -0.05) is 43.2 Å². The number of imide groups is 1. The lowest BCUT2D eigenvalue weighted by Crippen LogP contribution is -2.58. The van der Waals surface area contributed by atoms with Crippen molar-refractivity contribution in [2.75, 3.05) is 0 Å². The zero-order valence-electron chi connectivity index (χ0n) is 13.0. The number of nitrogens with one attached hydrogen (secondary N) is 1. The molecule has 120 valence electrons. The monoisotopic (exact) mass is 312 g/mol. The Bertz CT molecular complexity index is 672. The highest BCUT2D eigenvalue weighted by Gasteiger charge is 2.65. The van der Waals surface area contributed by atoms with E-state index in [4.69, 9.17) is 0 Å². The van der Waals surface area contributed by atoms with Crippen molar-refractivity contribution in [3.05, 3.63) is 35.9 Å². The predicted molar refractivity (Wildman–Crippen MR) is 82.9 cm³/mol. The van der Waals surface area contributed by atoms with Crippen LogP contribution in [0.25, 0.3) is 0 Å². The molecule has 5 heteroatoms. The Labute approximate surface area is 135 Å². The number of piperidine rings is 1. The third-order valence-corrected chi connectivity index (χ3v) is 5.75. The largest absolute Gasteiger partial charge is 0.334 e. The predicted octanol–water partition coefficient (Wildman–Crippen LogP) is 1.62. The first kappa shape index (κ1) is 14.4. The van der Waals surface area contributed by atoms with Crippen LogP contribution in [0.4, 0.5) is 0 Å². The molecular weight excluding hydrogens is 292 g/mol. The molecule has 0 radical (unpaired) electrons.